The Morgan fingerprint density at radius 3 is 2.90 bits per heavy atom. The van der Waals surface area contributed by atoms with E-state index in [2.05, 4.69) is 30.8 Å². The third-order valence-electron chi connectivity index (χ3n) is 2.11. The number of amides is 1. The van der Waals surface area contributed by atoms with E-state index in [1.54, 1.807) is 12.1 Å². The molecular formula is C11H9N7O2. The van der Waals surface area contributed by atoms with E-state index in [4.69, 9.17) is 5.26 Å². The van der Waals surface area contributed by atoms with Gasteiger partial charge in [-0.1, -0.05) is 0 Å². The Bertz CT molecular complexity index is 695. The van der Waals surface area contributed by atoms with Gasteiger partial charge in [0.1, 0.15) is 11.8 Å². The SMILES string of the molecule is CC(=O)NNc1nc(O)nc(-c2ncccc2C#N)n1. The molecule has 0 saturated carbocycles. The van der Waals surface area contributed by atoms with E-state index in [9.17, 15) is 9.90 Å². The highest BCUT2D eigenvalue weighted by Crippen LogP contribution is 2.19. The van der Waals surface area contributed by atoms with Crippen molar-refractivity contribution in [2.75, 3.05) is 5.43 Å². The van der Waals surface area contributed by atoms with Crippen LogP contribution in [0.5, 0.6) is 6.01 Å². The van der Waals surface area contributed by atoms with E-state index in [-0.39, 0.29) is 28.9 Å². The molecule has 9 nitrogen and oxygen atoms in total. The number of hydrogen-bond acceptors (Lipinski definition) is 8. The van der Waals surface area contributed by atoms with Crippen LogP contribution in [-0.4, -0.2) is 30.9 Å². The molecular weight excluding hydrogens is 262 g/mol. The Balaban J connectivity index is 2.42. The molecule has 0 spiro atoms. The van der Waals surface area contributed by atoms with Crippen molar-refractivity contribution in [2.45, 2.75) is 6.92 Å². The lowest BCUT2D eigenvalue weighted by molar-refractivity contribution is -0.118. The van der Waals surface area contributed by atoms with Gasteiger partial charge in [-0.05, 0) is 12.1 Å². The fourth-order valence-corrected chi connectivity index (χ4v) is 1.34. The second-order valence-electron chi connectivity index (χ2n) is 3.60. The van der Waals surface area contributed by atoms with Crippen LogP contribution in [0.25, 0.3) is 11.5 Å². The van der Waals surface area contributed by atoms with Gasteiger partial charge >= 0.3 is 6.01 Å². The second kappa shape index (κ2) is 5.57. The maximum absolute atomic E-state index is 10.8. The van der Waals surface area contributed by atoms with Crippen LogP contribution >= 0.6 is 0 Å². The van der Waals surface area contributed by atoms with Crippen LogP contribution in [0.2, 0.25) is 0 Å². The lowest BCUT2D eigenvalue weighted by Gasteiger charge is -2.06. The van der Waals surface area contributed by atoms with E-state index in [1.807, 2.05) is 6.07 Å². The first kappa shape index (κ1) is 13.2. The van der Waals surface area contributed by atoms with Crippen LogP contribution < -0.4 is 10.9 Å². The molecule has 100 valence electrons. The van der Waals surface area contributed by atoms with Crippen molar-refractivity contribution in [1.29, 1.82) is 5.26 Å². The topological polar surface area (TPSA) is 137 Å². The van der Waals surface area contributed by atoms with E-state index in [1.165, 1.54) is 13.1 Å². The smallest absolute Gasteiger partial charge is 0.319 e. The Kier molecular flexibility index (Phi) is 3.67. The molecule has 9 heteroatoms. The highest BCUT2D eigenvalue weighted by molar-refractivity contribution is 5.74. The third-order valence-corrected chi connectivity index (χ3v) is 2.11. The molecule has 0 radical (unpaired) electrons. The lowest BCUT2D eigenvalue weighted by atomic mass is 10.2. The van der Waals surface area contributed by atoms with Gasteiger partial charge in [-0.2, -0.15) is 20.2 Å². The highest BCUT2D eigenvalue weighted by atomic mass is 16.3. The van der Waals surface area contributed by atoms with Gasteiger partial charge in [-0.3, -0.25) is 20.6 Å². The van der Waals surface area contributed by atoms with Gasteiger partial charge in [0.25, 0.3) is 0 Å². The summed E-state index contributed by atoms with van der Waals surface area (Å²) in [6.07, 6.45) is 1.47. The number of aromatic hydroxyl groups is 1. The zero-order valence-electron chi connectivity index (χ0n) is 10.3. The number of nitrogens with one attached hydrogen (secondary N) is 2. The van der Waals surface area contributed by atoms with Crippen molar-refractivity contribution < 1.29 is 9.90 Å². The molecule has 0 aliphatic carbocycles. The summed E-state index contributed by atoms with van der Waals surface area (Å²) in [5, 5.41) is 18.5. The van der Waals surface area contributed by atoms with Gasteiger partial charge in [0, 0.05) is 13.1 Å². The number of hydrogen-bond donors (Lipinski definition) is 3. The van der Waals surface area contributed by atoms with Crippen molar-refractivity contribution >= 4 is 11.9 Å². The van der Waals surface area contributed by atoms with Gasteiger partial charge in [-0.15, -0.1) is 0 Å². The molecule has 2 aromatic rings. The zero-order chi connectivity index (χ0) is 14.5. The number of carbonyl (C=O) groups excluding carboxylic acids is 1. The highest BCUT2D eigenvalue weighted by Gasteiger charge is 2.12. The number of carbonyl (C=O) groups is 1. The molecule has 3 N–H and O–H groups in total. The van der Waals surface area contributed by atoms with Crippen molar-refractivity contribution in [3.05, 3.63) is 23.9 Å². The Labute approximate surface area is 113 Å². The van der Waals surface area contributed by atoms with Crippen LogP contribution in [0.4, 0.5) is 5.95 Å². The summed E-state index contributed by atoms with van der Waals surface area (Å²) in [5.41, 5.74) is 5.12. The van der Waals surface area contributed by atoms with Crippen molar-refractivity contribution in [2.24, 2.45) is 0 Å². The summed E-state index contributed by atoms with van der Waals surface area (Å²) in [6, 6.07) is 4.53. The summed E-state index contributed by atoms with van der Waals surface area (Å²) in [6.45, 7) is 1.29. The molecule has 0 fully saturated rings. The van der Waals surface area contributed by atoms with Crippen LogP contribution in [-0.2, 0) is 4.79 Å². The lowest BCUT2D eigenvalue weighted by Crippen LogP contribution is -2.27. The molecule has 0 saturated heterocycles. The van der Waals surface area contributed by atoms with Crippen LogP contribution in [0, 0.1) is 11.3 Å². The van der Waals surface area contributed by atoms with Crippen molar-refractivity contribution in [3.8, 4) is 23.6 Å². The molecule has 0 bridgehead atoms. The van der Waals surface area contributed by atoms with Crippen LogP contribution in [0.3, 0.4) is 0 Å². The van der Waals surface area contributed by atoms with E-state index in [0.717, 1.165) is 0 Å². The third kappa shape index (κ3) is 2.94. The van der Waals surface area contributed by atoms with Crippen molar-refractivity contribution in [1.82, 2.24) is 25.4 Å². The van der Waals surface area contributed by atoms with Crippen molar-refractivity contribution in [3.63, 3.8) is 0 Å². The fraction of sp³-hybridized carbons (Fsp3) is 0.0909. The average molecular weight is 271 g/mol. The molecule has 0 unspecified atom stereocenters. The minimum absolute atomic E-state index is 0.0162. The maximum atomic E-state index is 10.8. The Morgan fingerprint density at radius 2 is 2.20 bits per heavy atom. The van der Waals surface area contributed by atoms with E-state index in [0.29, 0.717) is 0 Å². The fourth-order valence-electron chi connectivity index (χ4n) is 1.34. The van der Waals surface area contributed by atoms with E-state index < -0.39 is 6.01 Å². The number of aromatic nitrogens is 4. The standard InChI is InChI=1S/C11H9N7O2/c1-6(19)17-18-10-14-9(15-11(20)16-10)8-7(5-12)3-2-4-13-8/h2-4H,1H3,(H,17,19)(H2,14,15,16,18,20). The maximum Gasteiger partial charge on any atom is 0.319 e. The average Bonchev–Trinajstić information content (AvgIpc) is 2.44. The molecule has 2 aromatic heterocycles. The quantitative estimate of drug-likeness (QED) is 0.662. The molecule has 0 aliphatic rings. The number of nitrogens with zero attached hydrogens (tertiary/aromatic N) is 5. The first-order chi connectivity index (χ1) is 9.60. The number of anilines is 1. The van der Waals surface area contributed by atoms with Crippen LogP contribution in [0.1, 0.15) is 12.5 Å². The van der Waals surface area contributed by atoms with Crippen LogP contribution in [0.15, 0.2) is 18.3 Å². The first-order valence-corrected chi connectivity index (χ1v) is 5.43. The normalized spacial score (nSPS) is 9.60. The Morgan fingerprint density at radius 1 is 1.40 bits per heavy atom. The molecule has 20 heavy (non-hydrogen) atoms. The summed E-state index contributed by atoms with van der Waals surface area (Å²) in [4.78, 5) is 26.0. The molecule has 2 heterocycles. The minimum Gasteiger partial charge on any atom is -0.479 e. The largest absolute Gasteiger partial charge is 0.479 e. The summed E-state index contributed by atoms with van der Waals surface area (Å²) >= 11 is 0. The van der Waals surface area contributed by atoms with Gasteiger partial charge in [0.05, 0.1) is 5.56 Å². The minimum atomic E-state index is -0.558. The molecule has 0 aromatic carbocycles. The van der Waals surface area contributed by atoms with Gasteiger partial charge < -0.3 is 5.11 Å². The van der Waals surface area contributed by atoms with Gasteiger partial charge in [0.2, 0.25) is 11.9 Å². The second-order valence-corrected chi connectivity index (χ2v) is 3.60. The van der Waals surface area contributed by atoms with Gasteiger partial charge in [0.15, 0.2) is 5.82 Å². The molecule has 1 amide bonds. The predicted molar refractivity (Wildman–Crippen MR) is 66.9 cm³/mol. The predicted octanol–water partition coefficient (Wildman–Crippen LogP) is -0.0261. The molecule has 2 rings (SSSR count). The number of nitriles is 1. The summed E-state index contributed by atoms with van der Waals surface area (Å²) < 4.78 is 0. The number of rotatable bonds is 3. The summed E-state index contributed by atoms with van der Waals surface area (Å²) in [7, 11) is 0. The van der Waals surface area contributed by atoms with E-state index >= 15 is 0 Å². The molecule has 0 aliphatic heterocycles. The first-order valence-electron chi connectivity index (χ1n) is 5.43. The zero-order valence-corrected chi connectivity index (χ0v) is 10.3. The molecule has 0 atom stereocenters. The number of pyridine rings is 1. The van der Waals surface area contributed by atoms with Gasteiger partial charge in [-0.25, -0.2) is 0 Å². The Hall–Kier alpha value is -3.28. The number of hydrazine groups is 1. The monoisotopic (exact) mass is 271 g/mol. The summed E-state index contributed by atoms with van der Waals surface area (Å²) in [5.74, 6) is -0.415.